The smallest absolute Gasteiger partial charge is 0.240 e. The monoisotopic (exact) mass is 418 g/mol. The summed E-state index contributed by atoms with van der Waals surface area (Å²) < 4.78 is 17.5. The van der Waals surface area contributed by atoms with Crippen molar-refractivity contribution in [3.05, 3.63) is 60.7 Å². The minimum atomic E-state index is -2.23. The van der Waals surface area contributed by atoms with Gasteiger partial charge < -0.3 is 29.2 Å². The summed E-state index contributed by atoms with van der Waals surface area (Å²) >= 11 is 0. The summed E-state index contributed by atoms with van der Waals surface area (Å²) in [4.78, 5) is 0. The van der Waals surface area contributed by atoms with Crippen LogP contribution in [0.2, 0.25) is 0 Å². The first-order chi connectivity index (χ1) is 13.8. The molecule has 1 fully saturated rings. The highest BCUT2D eigenvalue weighted by Crippen LogP contribution is 2.24. The second-order valence-corrected chi connectivity index (χ2v) is 10.6. The molecule has 1 saturated heterocycles. The van der Waals surface area contributed by atoms with Crippen LogP contribution in [0.1, 0.15) is 20.8 Å². The standard InChI is InChI=1S/C22H30O6Si/c1-22(2,3)26-14-17-18(23)19(24)20(21(25)27-17)28-29(15-10-6-4-7-11-15)16-12-8-5-9-13-16/h4-13,17-21,23-25,29H,14H2,1-3H3/t17-,18-,19+,20-,21-/m1/s1. The quantitative estimate of drug-likeness (QED) is 0.580. The molecular weight excluding hydrogens is 388 g/mol. The van der Waals surface area contributed by atoms with Crippen LogP contribution in [0.25, 0.3) is 0 Å². The molecule has 0 bridgehead atoms. The van der Waals surface area contributed by atoms with E-state index in [-0.39, 0.29) is 6.61 Å². The normalized spacial score (nSPS) is 27.9. The average Bonchev–Trinajstić information content (AvgIpc) is 2.70. The molecule has 0 spiro atoms. The molecule has 1 aliphatic rings. The van der Waals surface area contributed by atoms with E-state index in [9.17, 15) is 15.3 Å². The predicted molar refractivity (Wildman–Crippen MR) is 113 cm³/mol. The molecule has 0 saturated carbocycles. The van der Waals surface area contributed by atoms with E-state index < -0.39 is 45.3 Å². The highest BCUT2D eigenvalue weighted by molar-refractivity contribution is 6.80. The van der Waals surface area contributed by atoms with Gasteiger partial charge in [0.15, 0.2) is 6.29 Å². The zero-order valence-electron chi connectivity index (χ0n) is 17.0. The Kier molecular flexibility index (Phi) is 7.23. The summed E-state index contributed by atoms with van der Waals surface area (Å²) in [5.74, 6) is 0. The van der Waals surface area contributed by atoms with Gasteiger partial charge in [-0.15, -0.1) is 0 Å². The number of hydrogen-bond donors (Lipinski definition) is 3. The highest BCUT2D eigenvalue weighted by Gasteiger charge is 2.46. The van der Waals surface area contributed by atoms with Crippen LogP contribution >= 0.6 is 0 Å². The fraction of sp³-hybridized carbons (Fsp3) is 0.455. The van der Waals surface area contributed by atoms with E-state index in [1.54, 1.807) is 0 Å². The molecule has 3 rings (SSSR count). The van der Waals surface area contributed by atoms with Gasteiger partial charge in [0.2, 0.25) is 9.04 Å². The van der Waals surface area contributed by atoms with E-state index in [2.05, 4.69) is 0 Å². The summed E-state index contributed by atoms with van der Waals surface area (Å²) in [5.41, 5.74) is -0.426. The second-order valence-electron chi connectivity index (χ2n) is 8.27. The fourth-order valence-electron chi connectivity index (χ4n) is 3.30. The number of aliphatic hydroxyl groups excluding tert-OH is 3. The van der Waals surface area contributed by atoms with Crippen molar-refractivity contribution in [3.8, 4) is 0 Å². The molecule has 158 valence electrons. The van der Waals surface area contributed by atoms with E-state index in [0.717, 1.165) is 10.4 Å². The first-order valence-electron chi connectivity index (χ1n) is 9.85. The predicted octanol–water partition coefficient (Wildman–Crippen LogP) is 0.164. The molecule has 0 aliphatic carbocycles. The summed E-state index contributed by atoms with van der Waals surface area (Å²) in [6.07, 6.45) is -5.80. The van der Waals surface area contributed by atoms with Crippen LogP contribution in [-0.2, 0) is 13.9 Å². The zero-order chi connectivity index (χ0) is 21.0. The minimum absolute atomic E-state index is 0.0593. The van der Waals surface area contributed by atoms with E-state index in [1.807, 2.05) is 81.4 Å². The lowest BCUT2D eigenvalue weighted by Crippen LogP contribution is -2.62. The lowest BCUT2D eigenvalue weighted by Gasteiger charge is -2.42. The third-order valence-corrected chi connectivity index (χ3v) is 7.41. The second kappa shape index (κ2) is 9.49. The lowest BCUT2D eigenvalue weighted by atomic mass is 9.99. The molecular formula is C22H30O6Si. The Morgan fingerprint density at radius 3 is 1.86 bits per heavy atom. The number of rotatable bonds is 6. The van der Waals surface area contributed by atoms with Gasteiger partial charge in [-0.05, 0) is 31.1 Å². The van der Waals surface area contributed by atoms with E-state index in [0.29, 0.717) is 0 Å². The number of aliphatic hydroxyl groups is 3. The molecule has 2 aromatic rings. The number of ether oxygens (including phenoxy) is 2. The van der Waals surface area contributed by atoms with Gasteiger partial charge in [0.05, 0.1) is 12.2 Å². The summed E-state index contributed by atoms with van der Waals surface area (Å²) in [5, 5.41) is 33.8. The molecule has 3 N–H and O–H groups in total. The van der Waals surface area contributed by atoms with Crippen molar-refractivity contribution in [2.45, 2.75) is 57.1 Å². The Morgan fingerprint density at radius 2 is 1.38 bits per heavy atom. The average molecular weight is 419 g/mol. The van der Waals surface area contributed by atoms with E-state index >= 15 is 0 Å². The Hall–Kier alpha value is -1.58. The van der Waals surface area contributed by atoms with Crippen molar-refractivity contribution in [1.82, 2.24) is 0 Å². The van der Waals surface area contributed by atoms with Gasteiger partial charge in [-0.25, -0.2) is 0 Å². The van der Waals surface area contributed by atoms with Crippen LogP contribution in [0.5, 0.6) is 0 Å². The van der Waals surface area contributed by atoms with Crippen LogP contribution in [0, 0.1) is 0 Å². The van der Waals surface area contributed by atoms with Gasteiger partial charge in [0, 0.05) is 0 Å². The molecule has 2 aromatic carbocycles. The van der Waals surface area contributed by atoms with Crippen LogP contribution < -0.4 is 10.4 Å². The van der Waals surface area contributed by atoms with Crippen molar-refractivity contribution >= 4 is 19.4 Å². The van der Waals surface area contributed by atoms with Crippen molar-refractivity contribution in [2.75, 3.05) is 6.61 Å². The minimum Gasteiger partial charge on any atom is -0.400 e. The Bertz CT molecular complexity index is 711. The van der Waals surface area contributed by atoms with Gasteiger partial charge in [0.1, 0.15) is 24.4 Å². The van der Waals surface area contributed by atoms with Gasteiger partial charge in [-0.1, -0.05) is 60.7 Å². The molecule has 7 heteroatoms. The van der Waals surface area contributed by atoms with Crippen LogP contribution in [0.3, 0.4) is 0 Å². The topological polar surface area (TPSA) is 88.4 Å². The van der Waals surface area contributed by atoms with Gasteiger partial charge in [-0.2, -0.15) is 0 Å². The molecule has 1 aliphatic heterocycles. The maximum absolute atomic E-state index is 10.7. The molecule has 5 atom stereocenters. The molecule has 1 heterocycles. The zero-order valence-corrected chi connectivity index (χ0v) is 18.2. The Morgan fingerprint density at radius 1 is 0.862 bits per heavy atom. The molecule has 0 aromatic heterocycles. The van der Waals surface area contributed by atoms with Crippen LogP contribution in [-0.4, -0.2) is 67.3 Å². The third-order valence-electron chi connectivity index (χ3n) is 4.84. The fourth-order valence-corrected chi connectivity index (χ4v) is 5.75. The van der Waals surface area contributed by atoms with E-state index in [4.69, 9.17) is 13.9 Å². The Labute approximate surface area is 173 Å². The number of hydrogen-bond acceptors (Lipinski definition) is 6. The van der Waals surface area contributed by atoms with Crippen molar-refractivity contribution in [2.24, 2.45) is 0 Å². The molecule has 0 amide bonds. The first kappa shape index (κ1) is 22.1. The van der Waals surface area contributed by atoms with Crippen LogP contribution in [0.4, 0.5) is 0 Å². The molecule has 0 radical (unpaired) electrons. The largest absolute Gasteiger partial charge is 0.400 e. The van der Waals surface area contributed by atoms with Crippen molar-refractivity contribution < 1.29 is 29.2 Å². The van der Waals surface area contributed by atoms with Gasteiger partial charge in [-0.3, -0.25) is 0 Å². The lowest BCUT2D eigenvalue weighted by molar-refractivity contribution is -0.287. The first-order valence-corrected chi connectivity index (χ1v) is 11.5. The van der Waals surface area contributed by atoms with Crippen molar-refractivity contribution in [1.29, 1.82) is 0 Å². The van der Waals surface area contributed by atoms with Gasteiger partial charge in [0.25, 0.3) is 0 Å². The van der Waals surface area contributed by atoms with Gasteiger partial charge >= 0.3 is 0 Å². The SMILES string of the molecule is CC(C)(C)OC[C@H]1O[C@@H](O)[C@H](O[SiH](c2ccccc2)c2ccccc2)[C@@H](O)[C@@H]1O. The highest BCUT2D eigenvalue weighted by atomic mass is 28.3. The Balaban J connectivity index is 1.78. The molecule has 6 nitrogen and oxygen atoms in total. The maximum Gasteiger partial charge on any atom is 0.240 e. The van der Waals surface area contributed by atoms with E-state index in [1.165, 1.54) is 0 Å². The molecule has 0 unspecified atom stereocenters. The third kappa shape index (κ3) is 5.73. The number of benzene rings is 2. The summed E-state index contributed by atoms with van der Waals surface area (Å²) in [6.45, 7) is 5.72. The summed E-state index contributed by atoms with van der Waals surface area (Å²) in [6, 6.07) is 19.5. The summed E-state index contributed by atoms with van der Waals surface area (Å²) in [7, 11) is -2.23. The van der Waals surface area contributed by atoms with Crippen LogP contribution in [0.15, 0.2) is 60.7 Å². The van der Waals surface area contributed by atoms with Crippen molar-refractivity contribution in [3.63, 3.8) is 0 Å². The molecule has 29 heavy (non-hydrogen) atoms. The maximum atomic E-state index is 10.7.